The van der Waals surface area contributed by atoms with Crippen LogP contribution in [0.2, 0.25) is 0 Å². The van der Waals surface area contributed by atoms with Crippen molar-refractivity contribution in [2.75, 3.05) is 5.32 Å². The highest BCUT2D eigenvalue weighted by molar-refractivity contribution is 6.06. The van der Waals surface area contributed by atoms with Gasteiger partial charge in [0.2, 0.25) is 0 Å². The van der Waals surface area contributed by atoms with Gasteiger partial charge in [0.1, 0.15) is 5.75 Å². The molecule has 2 N–H and O–H groups in total. The molecule has 0 saturated carbocycles. The summed E-state index contributed by atoms with van der Waals surface area (Å²) in [5.41, 5.74) is 2.92. The number of hydrogen-bond donors (Lipinski definition) is 2. The fourth-order valence-corrected chi connectivity index (χ4v) is 1.86. The summed E-state index contributed by atoms with van der Waals surface area (Å²) in [6.07, 6.45) is 0.965. The number of rotatable bonds is 3. The highest BCUT2D eigenvalue weighted by Crippen LogP contribution is 2.22. The number of amides is 1. The van der Waals surface area contributed by atoms with E-state index < -0.39 is 0 Å². The molecule has 1 amide bonds. The van der Waals surface area contributed by atoms with Crippen LogP contribution in [0.4, 0.5) is 5.69 Å². The molecule has 0 aliphatic carbocycles. The molecule has 0 unspecified atom stereocenters. The zero-order valence-electron chi connectivity index (χ0n) is 11.1. The summed E-state index contributed by atoms with van der Waals surface area (Å²) in [7, 11) is 0. The Morgan fingerprint density at radius 2 is 1.84 bits per heavy atom. The molecule has 0 heterocycles. The van der Waals surface area contributed by atoms with Crippen LogP contribution >= 0.6 is 0 Å². The number of anilines is 1. The predicted octanol–water partition coefficient (Wildman–Crippen LogP) is 3.52. The van der Waals surface area contributed by atoms with Gasteiger partial charge in [-0.25, -0.2) is 0 Å². The maximum atomic E-state index is 12.1. The normalized spacial score (nSPS) is 10.2. The van der Waals surface area contributed by atoms with Crippen molar-refractivity contribution in [3.05, 3.63) is 59.2 Å². The molecule has 19 heavy (non-hydrogen) atoms. The van der Waals surface area contributed by atoms with E-state index >= 15 is 0 Å². The Balaban J connectivity index is 2.18. The molecule has 0 fully saturated rings. The van der Waals surface area contributed by atoms with E-state index in [4.69, 9.17) is 0 Å². The fraction of sp³-hybridized carbons (Fsp3) is 0.188. The minimum Gasteiger partial charge on any atom is -0.507 e. The van der Waals surface area contributed by atoms with Crippen LogP contribution in [-0.4, -0.2) is 11.0 Å². The largest absolute Gasteiger partial charge is 0.507 e. The first kappa shape index (κ1) is 13.1. The maximum Gasteiger partial charge on any atom is 0.259 e. The van der Waals surface area contributed by atoms with Crippen molar-refractivity contribution < 1.29 is 9.90 Å². The average Bonchev–Trinajstić information content (AvgIpc) is 2.42. The minimum atomic E-state index is -0.301. The zero-order chi connectivity index (χ0) is 13.8. The minimum absolute atomic E-state index is 0.0326. The molecule has 0 radical (unpaired) electrons. The van der Waals surface area contributed by atoms with E-state index in [1.807, 2.05) is 24.3 Å². The third kappa shape index (κ3) is 2.94. The number of nitrogens with one attached hydrogen (secondary N) is 1. The average molecular weight is 255 g/mol. The lowest BCUT2D eigenvalue weighted by atomic mass is 10.1. The summed E-state index contributed by atoms with van der Waals surface area (Å²) in [5, 5.41) is 12.6. The van der Waals surface area contributed by atoms with E-state index in [-0.39, 0.29) is 11.7 Å². The lowest BCUT2D eigenvalue weighted by Crippen LogP contribution is -2.12. The molecule has 2 aromatic carbocycles. The second-order valence-corrected chi connectivity index (χ2v) is 4.48. The third-order valence-electron chi connectivity index (χ3n) is 3.10. The van der Waals surface area contributed by atoms with Gasteiger partial charge in [0.25, 0.3) is 5.91 Å². The van der Waals surface area contributed by atoms with Crippen LogP contribution in [0.15, 0.2) is 42.5 Å². The summed E-state index contributed by atoms with van der Waals surface area (Å²) in [5.74, 6) is -0.268. The van der Waals surface area contributed by atoms with Crippen LogP contribution in [0.25, 0.3) is 0 Å². The lowest BCUT2D eigenvalue weighted by Gasteiger charge is -2.08. The van der Waals surface area contributed by atoms with E-state index in [9.17, 15) is 9.90 Å². The molecule has 0 saturated heterocycles. The Morgan fingerprint density at radius 3 is 2.47 bits per heavy atom. The van der Waals surface area contributed by atoms with Crippen LogP contribution in [-0.2, 0) is 6.42 Å². The molecule has 0 bridgehead atoms. The smallest absolute Gasteiger partial charge is 0.259 e. The van der Waals surface area contributed by atoms with Crippen molar-refractivity contribution in [3.63, 3.8) is 0 Å². The topological polar surface area (TPSA) is 49.3 Å². The number of carbonyl (C=O) groups excluding carboxylic acids is 1. The van der Waals surface area contributed by atoms with Gasteiger partial charge in [-0.05, 0) is 42.7 Å². The summed E-state index contributed by atoms with van der Waals surface area (Å²) >= 11 is 0. The first-order valence-corrected chi connectivity index (χ1v) is 6.30. The standard InChI is InChI=1S/C16H17NO2/c1-3-12-7-9-13(10-8-12)17-16(19)14-6-4-5-11(2)15(14)18/h4-10,18H,3H2,1-2H3,(H,17,19). The first-order chi connectivity index (χ1) is 9.11. The number of aryl methyl sites for hydroxylation is 2. The summed E-state index contributed by atoms with van der Waals surface area (Å²) in [4.78, 5) is 12.1. The Labute approximate surface area is 112 Å². The predicted molar refractivity (Wildman–Crippen MR) is 76.6 cm³/mol. The molecule has 98 valence electrons. The molecule has 0 aromatic heterocycles. The van der Waals surface area contributed by atoms with Gasteiger partial charge >= 0.3 is 0 Å². The first-order valence-electron chi connectivity index (χ1n) is 6.30. The Morgan fingerprint density at radius 1 is 1.16 bits per heavy atom. The number of hydrogen-bond acceptors (Lipinski definition) is 2. The second-order valence-electron chi connectivity index (χ2n) is 4.48. The van der Waals surface area contributed by atoms with Gasteiger partial charge in [-0.3, -0.25) is 4.79 Å². The Kier molecular flexibility index (Phi) is 3.85. The SMILES string of the molecule is CCc1ccc(NC(=O)c2cccc(C)c2O)cc1. The van der Waals surface area contributed by atoms with Gasteiger partial charge in [0.05, 0.1) is 5.56 Å². The number of para-hydroxylation sites is 1. The van der Waals surface area contributed by atoms with Crippen LogP contribution in [0.1, 0.15) is 28.4 Å². The Hall–Kier alpha value is -2.29. The lowest BCUT2D eigenvalue weighted by molar-refractivity contribution is 0.102. The summed E-state index contributed by atoms with van der Waals surface area (Å²) in [6.45, 7) is 3.85. The highest BCUT2D eigenvalue weighted by atomic mass is 16.3. The van der Waals surface area contributed by atoms with Gasteiger partial charge in [0, 0.05) is 5.69 Å². The van der Waals surface area contributed by atoms with Crippen LogP contribution < -0.4 is 5.32 Å². The van der Waals surface area contributed by atoms with Gasteiger partial charge in [-0.1, -0.05) is 31.2 Å². The molecule has 0 aliphatic heterocycles. The van der Waals surface area contributed by atoms with E-state index in [0.29, 0.717) is 11.1 Å². The molecular formula is C16H17NO2. The van der Waals surface area contributed by atoms with Crippen LogP contribution in [0, 0.1) is 6.92 Å². The van der Waals surface area contributed by atoms with Crippen molar-refractivity contribution in [1.29, 1.82) is 0 Å². The van der Waals surface area contributed by atoms with E-state index in [2.05, 4.69) is 12.2 Å². The summed E-state index contributed by atoms with van der Waals surface area (Å²) < 4.78 is 0. The van der Waals surface area contributed by atoms with E-state index in [0.717, 1.165) is 12.1 Å². The van der Waals surface area contributed by atoms with E-state index in [1.54, 1.807) is 25.1 Å². The van der Waals surface area contributed by atoms with Gasteiger partial charge in [-0.2, -0.15) is 0 Å². The number of aromatic hydroxyl groups is 1. The second kappa shape index (κ2) is 5.57. The van der Waals surface area contributed by atoms with Crippen molar-refractivity contribution in [1.82, 2.24) is 0 Å². The van der Waals surface area contributed by atoms with Gasteiger partial charge in [-0.15, -0.1) is 0 Å². The number of benzene rings is 2. The molecule has 3 heteroatoms. The van der Waals surface area contributed by atoms with Gasteiger partial charge in [0.15, 0.2) is 0 Å². The zero-order valence-corrected chi connectivity index (χ0v) is 11.1. The van der Waals surface area contributed by atoms with Crippen LogP contribution in [0.3, 0.4) is 0 Å². The molecule has 2 rings (SSSR count). The number of phenols is 1. The molecular weight excluding hydrogens is 238 g/mol. The van der Waals surface area contributed by atoms with Crippen LogP contribution in [0.5, 0.6) is 5.75 Å². The Bertz CT molecular complexity index is 588. The van der Waals surface area contributed by atoms with Gasteiger partial charge < -0.3 is 10.4 Å². The molecule has 3 nitrogen and oxygen atoms in total. The molecule has 0 atom stereocenters. The van der Waals surface area contributed by atoms with Crippen molar-refractivity contribution >= 4 is 11.6 Å². The molecule has 0 spiro atoms. The van der Waals surface area contributed by atoms with E-state index in [1.165, 1.54) is 5.56 Å². The maximum absolute atomic E-state index is 12.1. The fourth-order valence-electron chi connectivity index (χ4n) is 1.86. The monoisotopic (exact) mass is 255 g/mol. The third-order valence-corrected chi connectivity index (χ3v) is 3.10. The van der Waals surface area contributed by atoms with Crippen molar-refractivity contribution in [2.45, 2.75) is 20.3 Å². The summed E-state index contributed by atoms with van der Waals surface area (Å²) in [6, 6.07) is 12.8. The molecule has 0 aliphatic rings. The molecule has 2 aromatic rings. The van der Waals surface area contributed by atoms with Crippen molar-refractivity contribution in [2.24, 2.45) is 0 Å². The highest BCUT2D eigenvalue weighted by Gasteiger charge is 2.12. The number of carbonyl (C=O) groups is 1. The quantitative estimate of drug-likeness (QED) is 0.881. The number of phenolic OH excluding ortho intramolecular Hbond substituents is 1. The van der Waals surface area contributed by atoms with Crippen molar-refractivity contribution in [3.8, 4) is 5.75 Å².